The Hall–Kier alpha value is -1.65. The van der Waals surface area contributed by atoms with Crippen molar-refractivity contribution in [2.45, 2.75) is 6.42 Å². The summed E-state index contributed by atoms with van der Waals surface area (Å²) in [5.41, 5.74) is 0.666. The number of nitrogens with zero attached hydrogens (tertiary/aromatic N) is 1. The molecule has 1 aromatic heterocycles. The lowest BCUT2D eigenvalue weighted by atomic mass is 10.1. The normalized spacial score (nSPS) is 10.3. The minimum absolute atomic E-state index is 0.0150. The van der Waals surface area contributed by atoms with Gasteiger partial charge < -0.3 is 5.32 Å². The fourth-order valence-corrected chi connectivity index (χ4v) is 1.92. The fourth-order valence-electron chi connectivity index (χ4n) is 1.53. The molecule has 19 heavy (non-hydrogen) atoms. The van der Waals surface area contributed by atoms with Gasteiger partial charge in [-0.15, -0.1) is 0 Å². The molecule has 0 aliphatic carbocycles. The molecule has 0 spiro atoms. The van der Waals surface area contributed by atoms with Gasteiger partial charge in [-0.3, -0.25) is 9.78 Å². The molecule has 0 saturated carbocycles. The minimum Gasteiger partial charge on any atom is -0.323 e. The van der Waals surface area contributed by atoms with Crippen molar-refractivity contribution in [2.75, 3.05) is 5.32 Å². The van der Waals surface area contributed by atoms with Crippen LogP contribution in [0.25, 0.3) is 0 Å². The van der Waals surface area contributed by atoms with Crippen molar-refractivity contribution in [1.29, 1.82) is 0 Å². The summed E-state index contributed by atoms with van der Waals surface area (Å²) in [6, 6.07) is 6.40. The monoisotopic (exact) mass is 298 g/mol. The fraction of sp³-hybridized carbons (Fsp3) is 0.0769. The van der Waals surface area contributed by atoms with Gasteiger partial charge in [0.1, 0.15) is 0 Å². The van der Waals surface area contributed by atoms with E-state index in [1.54, 1.807) is 18.2 Å². The summed E-state index contributed by atoms with van der Waals surface area (Å²) in [6.07, 6.45) is 2.44. The van der Waals surface area contributed by atoms with E-state index in [0.717, 1.165) is 6.20 Å². The van der Waals surface area contributed by atoms with Gasteiger partial charge in [-0.1, -0.05) is 35.3 Å². The maximum Gasteiger partial charge on any atom is 0.228 e. The maximum absolute atomic E-state index is 13.3. The number of hydrogen-bond donors (Lipinski definition) is 1. The first-order chi connectivity index (χ1) is 9.08. The first-order valence-electron chi connectivity index (χ1n) is 5.40. The highest BCUT2D eigenvalue weighted by molar-refractivity contribution is 6.42. The highest BCUT2D eigenvalue weighted by Gasteiger charge is 2.11. The number of carbonyl (C=O) groups is 1. The zero-order valence-electron chi connectivity index (χ0n) is 9.66. The van der Waals surface area contributed by atoms with Crippen molar-refractivity contribution in [3.8, 4) is 0 Å². The Bertz CT molecular complexity index is 619. The molecule has 0 saturated heterocycles. The molecule has 0 aliphatic rings. The summed E-state index contributed by atoms with van der Waals surface area (Å²) in [5, 5.41) is 3.15. The topological polar surface area (TPSA) is 42.0 Å². The van der Waals surface area contributed by atoms with Crippen LogP contribution >= 0.6 is 23.2 Å². The predicted molar refractivity (Wildman–Crippen MR) is 73.0 cm³/mol. The number of benzene rings is 1. The Morgan fingerprint density at radius 1 is 1.32 bits per heavy atom. The third kappa shape index (κ3) is 3.43. The van der Waals surface area contributed by atoms with Gasteiger partial charge in [0.25, 0.3) is 0 Å². The molecular weight excluding hydrogens is 290 g/mol. The lowest BCUT2D eigenvalue weighted by Crippen LogP contribution is -2.15. The van der Waals surface area contributed by atoms with Crippen molar-refractivity contribution in [3.05, 3.63) is 58.1 Å². The Labute approximate surface area is 119 Å². The number of hydrogen-bond acceptors (Lipinski definition) is 2. The molecule has 0 aliphatic heterocycles. The average molecular weight is 299 g/mol. The molecule has 3 nitrogen and oxygen atoms in total. The van der Waals surface area contributed by atoms with Crippen LogP contribution in [-0.4, -0.2) is 10.9 Å². The van der Waals surface area contributed by atoms with Gasteiger partial charge in [0.05, 0.1) is 28.4 Å². The number of amides is 1. The molecule has 0 bridgehead atoms. The van der Waals surface area contributed by atoms with Crippen LogP contribution in [0.3, 0.4) is 0 Å². The molecule has 1 aromatic carbocycles. The molecule has 2 aromatic rings. The largest absolute Gasteiger partial charge is 0.323 e. The molecule has 2 rings (SSSR count). The van der Waals surface area contributed by atoms with Gasteiger partial charge in [0.15, 0.2) is 5.82 Å². The van der Waals surface area contributed by atoms with Crippen LogP contribution in [0, 0.1) is 5.82 Å². The lowest BCUT2D eigenvalue weighted by molar-refractivity contribution is -0.115. The third-order valence-electron chi connectivity index (χ3n) is 2.43. The van der Waals surface area contributed by atoms with E-state index in [9.17, 15) is 9.18 Å². The number of halogens is 3. The zero-order valence-corrected chi connectivity index (χ0v) is 11.2. The highest BCUT2D eigenvalue weighted by Crippen LogP contribution is 2.26. The molecule has 98 valence electrons. The Balaban J connectivity index is 2.10. The van der Waals surface area contributed by atoms with Crippen LogP contribution in [0.15, 0.2) is 36.7 Å². The van der Waals surface area contributed by atoms with Crippen LogP contribution in [0.1, 0.15) is 5.56 Å². The van der Waals surface area contributed by atoms with Crippen LogP contribution in [0.2, 0.25) is 10.0 Å². The van der Waals surface area contributed by atoms with Gasteiger partial charge in [-0.2, -0.15) is 0 Å². The zero-order chi connectivity index (χ0) is 13.8. The molecule has 1 amide bonds. The van der Waals surface area contributed by atoms with Gasteiger partial charge in [-0.05, 0) is 17.7 Å². The van der Waals surface area contributed by atoms with E-state index < -0.39 is 5.82 Å². The summed E-state index contributed by atoms with van der Waals surface area (Å²) >= 11 is 11.8. The number of pyridine rings is 1. The molecule has 0 atom stereocenters. The molecule has 1 N–H and O–H groups in total. The smallest absolute Gasteiger partial charge is 0.228 e. The Morgan fingerprint density at radius 2 is 2.11 bits per heavy atom. The summed E-state index contributed by atoms with van der Waals surface area (Å²) in [6.45, 7) is 0. The molecule has 1 heterocycles. The van der Waals surface area contributed by atoms with E-state index in [2.05, 4.69) is 10.3 Å². The van der Waals surface area contributed by atoms with Crippen molar-refractivity contribution >= 4 is 34.8 Å². The molecule has 0 unspecified atom stereocenters. The van der Waals surface area contributed by atoms with E-state index >= 15 is 0 Å². The van der Waals surface area contributed by atoms with Crippen molar-refractivity contribution in [1.82, 2.24) is 4.98 Å². The van der Waals surface area contributed by atoms with E-state index in [0.29, 0.717) is 15.6 Å². The maximum atomic E-state index is 13.3. The highest BCUT2D eigenvalue weighted by atomic mass is 35.5. The summed E-state index contributed by atoms with van der Waals surface area (Å²) in [7, 11) is 0. The number of aromatic nitrogens is 1. The Morgan fingerprint density at radius 3 is 2.84 bits per heavy atom. The van der Waals surface area contributed by atoms with E-state index in [-0.39, 0.29) is 18.0 Å². The molecule has 6 heteroatoms. The SMILES string of the molecule is O=C(Cc1cccc(Cl)c1Cl)Nc1ccncc1F. The van der Waals surface area contributed by atoms with Crippen molar-refractivity contribution in [3.63, 3.8) is 0 Å². The predicted octanol–water partition coefficient (Wildman–Crippen LogP) is 3.71. The molecule has 0 radical (unpaired) electrons. The van der Waals surface area contributed by atoms with E-state index in [1.807, 2.05) is 0 Å². The second-order valence-electron chi connectivity index (χ2n) is 3.79. The average Bonchev–Trinajstić information content (AvgIpc) is 2.38. The molecule has 0 fully saturated rings. The van der Waals surface area contributed by atoms with Gasteiger partial charge in [0, 0.05) is 6.20 Å². The second kappa shape index (κ2) is 5.99. The van der Waals surface area contributed by atoms with Crippen molar-refractivity contribution < 1.29 is 9.18 Å². The first kappa shape index (κ1) is 13.8. The quantitative estimate of drug-likeness (QED) is 0.938. The van der Waals surface area contributed by atoms with Gasteiger partial charge in [0.2, 0.25) is 5.91 Å². The summed E-state index contributed by atoms with van der Waals surface area (Å²) < 4.78 is 13.3. The summed E-state index contributed by atoms with van der Waals surface area (Å²) in [5.74, 6) is -0.970. The minimum atomic E-state index is -0.590. The molecular formula is C13H9Cl2FN2O. The van der Waals surface area contributed by atoms with Crippen LogP contribution in [0.4, 0.5) is 10.1 Å². The lowest BCUT2D eigenvalue weighted by Gasteiger charge is -2.07. The summed E-state index contributed by atoms with van der Waals surface area (Å²) in [4.78, 5) is 15.4. The van der Waals surface area contributed by atoms with Crippen LogP contribution in [-0.2, 0) is 11.2 Å². The number of nitrogens with one attached hydrogen (secondary N) is 1. The van der Waals surface area contributed by atoms with Crippen LogP contribution < -0.4 is 5.32 Å². The van der Waals surface area contributed by atoms with Crippen molar-refractivity contribution in [2.24, 2.45) is 0 Å². The third-order valence-corrected chi connectivity index (χ3v) is 3.29. The standard InChI is InChI=1S/C13H9Cl2FN2O/c14-9-3-1-2-8(13(9)15)6-12(19)18-11-4-5-17-7-10(11)16/h1-5,7H,6H2,(H,17,18,19). The Kier molecular flexibility index (Phi) is 4.35. The number of anilines is 1. The number of carbonyl (C=O) groups excluding carboxylic acids is 1. The van der Waals surface area contributed by atoms with Gasteiger partial charge >= 0.3 is 0 Å². The first-order valence-corrected chi connectivity index (χ1v) is 6.16. The number of rotatable bonds is 3. The van der Waals surface area contributed by atoms with Gasteiger partial charge in [-0.25, -0.2) is 4.39 Å². The second-order valence-corrected chi connectivity index (χ2v) is 4.58. The van der Waals surface area contributed by atoms with Crippen LogP contribution in [0.5, 0.6) is 0 Å². The van der Waals surface area contributed by atoms with E-state index in [1.165, 1.54) is 12.3 Å². The van der Waals surface area contributed by atoms with E-state index in [4.69, 9.17) is 23.2 Å².